The van der Waals surface area contributed by atoms with Crippen LogP contribution in [0, 0.1) is 6.92 Å². The molecule has 0 saturated heterocycles. The molecule has 1 heterocycles. The average molecular weight is 338 g/mol. The van der Waals surface area contributed by atoms with E-state index in [2.05, 4.69) is 4.98 Å². The number of fused-ring (bicyclic) bond motifs is 1. The Balaban J connectivity index is 1.97. The smallest absolute Gasteiger partial charge is 0.262 e. The maximum absolute atomic E-state index is 13.4. The van der Waals surface area contributed by atoms with Crippen LogP contribution in [0.3, 0.4) is 0 Å². The third kappa shape index (κ3) is 2.84. The molecule has 1 aromatic heterocycles. The molecule has 0 aliphatic heterocycles. The predicted molar refractivity (Wildman–Crippen MR) is 106 cm³/mol. The van der Waals surface area contributed by atoms with Crippen LogP contribution in [0.4, 0.5) is 11.4 Å². The molecule has 0 saturated carbocycles. The van der Waals surface area contributed by atoms with E-state index < -0.39 is 0 Å². The van der Waals surface area contributed by atoms with Crippen LogP contribution in [0.25, 0.3) is 10.9 Å². The molecule has 126 valence electrons. The molecule has 0 atom stereocenters. The first-order valence-corrected chi connectivity index (χ1v) is 8.54. The van der Waals surface area contributed by atoms with Crippen molar-refractivity contribution < 1.29 is 4.79 Å². The van der Waals surface area contributed by atoms with Crippen LogP contribution in [0.15, 0.2) is 91.1 Å². The number of rotatable bonds is 3. The Morgan fingerprint density at radius 3 is 2.27 bits per heavy atom. The Bertz CT molecular complexity index is 1070. The molecule has 0 bridgehead atoms. The molecule has 26 heavy (non-hydrogen) atoms. The second kappa shape index (κ2) is 6.81. The molecule has 0 spiro atoms. The van der Waals surface area contributed by atoms with Crippen molar-refractivity contribution in [1.82, 2.24) is 4.98 Å². The number of carbonyl (C=O) groups is 1. The van der Waals surface area contributed by atoms with Gasteiger partial charge in [0.05, 0.1) is 16.9 Å². The quantitative estimate of drug-likeness (QED) is 0.492. The number of pyridine rings is 1. The second-order valence-corrected chi connectivity index (χ2v) is 6.15. The number of aryl methyl sites for hydroxylation is 1. The van der Waals surface area contributed by atoms with Gasteiger partial charge in [-0.15, -0.1) is 0 Å². The SMILES string of the molecule is Cc1ccccc1N(C(=O)c1ccccc1)c1cccc2cccnc12. The monoisotopic (exact) mass is 338 g/mol. The minimum absolute atomic E-state index is 0.0712. The summed E-state index contributed by atoms with van der Waals surface area (Å²) in [6.45, 7) is 2.01. The van der Waals surface area contributed by atoms with Gasteiger partial charge in [-0.1, -0.05) is 54.6 Å². The van der Waals surface area contributed by atoms with Crippen molar-refractivity contribution in [2.75, 3.05) is 4.90 Å². The first-order chi connectivity index (χ1) is 12.8. The van der Waals surface area contributed by atoms with Crippen molar-refractivity contribution in [2.24, 2.45) is 0 Å². The molecular weight excluding hydrogens is 320 g/mol. The molecule has 3 heteroatoms. The van der Waals surface area contributed by atoms with Gasteiger partial charge in [-0.3, -0.25) is 14.7 Å². The van der Waals surface area contributed by atoms with Gasteiger partial charge in [0.25, 0.3) is 5.91 Å². The Morgan fingerprint density at radius 1 is 0.769 bits per heavy atom. The fourth-order valence-electron chi connectivity index (χ4n) is 3.14. The molecule has 4 aromatic rings. The van der Waals surface area contributed by atoms with Gasteiger partial charge < -0.3 is 0 Å². The molecule has 3 nitrogen and oxygen atoms in total. The molecule has 0 aliphatic carbocycles. The summed E-state index contributed by atoms with van der Waals surface area (Å²) in [5.74, 6) is -0.0712. The van der Waals surface area contributed by atoms with Gasteiger partial charge in [-0.25, -0.2) is 0 Å². The topological polar surface area (TPSA) is 33.2 Å². The summed E-state index contributed by atoms with van der Waals surface area (Å²) in [6, 6.07) is 27.1. The normalized spacial score (nSPS) is 10.7. The molecule has 1 amide bonds. The zero-order chi connectivity index (χ0) is 17.9. The molecule has 0 unspecified atom stereocenters. The molecule has 0 aliphatic rings. The highest BCUT2D eigenvalue weighted by atomic mass is 16.2. The van der Waals surface area contributed by atoms with Gasteiger partial charge in [0.2, 0.25) is 0 Å². The third-order valence-electron chi connectivity index (χ3n) is 4.43. The van der Waals surface area contributed by atoms with E-state index in [9.17, 15) is 4.79 Å². The van der Waals surface area contributed by atoms with E-state index in [1.165, 1.54) is 0 Å². The van der Waals surface area contributed by atoms with Crippen molar-refractivity contribution in [1.29, 1.82) is 0 Å². The highest BCUT2D eigenvalue weighted by Crippen LogP contribution is 2.34. The maximum Gasteiger partial charge on any atom is 0.262 e. The number of benzene rings is 3. The molecule has 0 N–H and O–H groups in total. The van der Waals surface area contributed by atoms with Gasteiger partial charge in [-0.05, 0) is 42.8 Å². The number of anilines is 2. The molecule has 0 fully saturated rings. The summed E-state index contributed by atoms with van der Waals surface area (Å²) in [5.41, 5.74) is 4.13. The molecular formula is C23H18N2O. The molecule has 0 radical (unpaired) electrons. The van der Waals surface area contributed by atoms with Gasteiger partial charge in [0.1, 0.15) is 0 Å². The van der Waals surface area contributed by atoms with Crippen molar-refractivity contribution in [3.63, 3.8) is 0 Å². The minimum Gasteiger partial charge on any atom is -0.275 e. The number of amides is 1. The van der Waals surface area contributed by atoms with Crippen molar-refractivity contribution in [3.05, 3.63) is 102 Å². The molecule has 4 rings (SSSR count). The zero-order valence-electron chi connectivity index (χ0n) is 14.5. The average Bonchev–Trinajstić information content (AvgIpc) is 2.70. The van der Waals surface area contributed by atoms with Crippen LogP contribution in [-0.4, -0.2) is 10.9 Å². The third-order valence-corrected chi connectivity index (χ3v) is 4.43. The zero-order valence-corrected chi connectivity index (χ0v) is 14.5. The summed E-state index contributed by atoms with van der Waals surface area (Å²) in [7, 11) is 0. The predicted octanol–water partition coefficient (Wildman–Crippen LogP) is 5.52. The first-order valence-electron chi connectivity index (χ1n) is 8.54. The van der Waals surface area contributed by atoms with E-state index in [-0.39, 0.29) is 5.91 Å². The van der Waals surface area contributed by atoms with Gasteiger partial charge in [-0.2, -0.15) is 0 Å². The maximum atomic E-state index is 13.4. The number of nitrogens with zero attached hydrogens (tertiary/aromatic N) is 2. The van der Waals surface area contributed by atoms with E-state index in [0.29, 0.717) is 5.56 Å². The summed E-state index contributed by atoms with van der Waals surface area (Å²) in [4.78, 5) is 19.7. The lowest BCUT2D eigenvalue weighted by Crippen LogP contribution is -2.27. The highest BCUT2D eigenvalue weighted by molar-refractivity contribution is 6.14. The van der Waals surface area contributed by atoms with Crippen LogP contribution >= 0.6 is 0 Å². The largest absolute Gasteiger partial charge is 0.275 e. The minimum atomic E-state index is -0.0712. The van der Waals surface area contributed by atoms with Crippen LogP contribution in [-0.2, 0) is 0 Å². The lowest BCUT2D eigenvalue weighted by Gasteiger charge is -2.25. The van der Waals surface area contributed by atoms with E-state index in [0.717, 1.165) is 27.8 Å². The van der Waals surface area contributed by atoms with Crippen molar-refractivity contribution in [3.8, 4) is 0 Å². The standard InChI is InChI=1S/C23H18N2O/c1-17-9-5-6-14-20(17)25(23(26)19-10-3-2-4-11-19)21-15-7-12-18-13-8-16-24-22(18)21/h2-16H,1H3. The Labute approximate surface area is 152 Å². The summed E-state index contributed by atoms with van der Waals surface area (Å²) in [6.07, 6.45) is 1.76. The van der Waals surface area contributed by atoms with E-state index in [1.807, 2.05) is 91.9 Å². The fraction of sp³-hybridized carbons (Fsp3) is 0.0435. The Hall–Kier alpha value is -3.46. The van der Waals surface area contributed by atoms with Crippen LogP contribution in [0.2, 0.25) is 0 Å². The Morgan fingerprint density at radius 2 is 1.46 bits per heavy atom. The van der Waals surface area contributed by atoms with Crippen LogP contribution in [0.5, 0.6) is 0 Å². The first kappa shape index (κ1) is 16.0. The fourth-order valence-corrected chi connectivity index (χ4v) is 3.14. The van der Waals surface area contributed by atoms with E-state index in [4.69, 9.17) is 0 Å². The summed E-state index contributed by atoms with van der Waals surface area (Å²) < 4.78 is 0. The van der Waals surface area contributed by atoms with E-state index >= 15 is 0 Å². The number of hydrogen-bond donors (Lipinski definition) is 0. The Kier molecular flexibility index (Phi) is 4.20. The lowest BCUT2D eigenvalue weighted by atomic mass is 10.1. The summed E-state index contributed by atoms with van der Waals surface area (Å²) in [5, 5.41) is 1.00. The van der Waals surface area contributed by atoms with E-state index in [1.54, 1.807) is 11.1 Å². The summed E-state index contributed by atoms with van der Waals surface area (Å²) >= 11 is 0. The number of hydrogen-bond acceptors (Lipinski definition) is 2. The number of para-hydroxylation sites is 2. The van der Waals surface area contributed by atoms with Gasteiger partial charge >= 0.3 is 0 Å². The van der Waals surface area contributed by atoms with Crippen LogP contribution < -0.4 is 4.90 Å². The highest BCUT2D eigenvalue weighted by Gasteiger charge is 2.23. The molecule has 3 aromatic carbocycles. The lowest BCUT2D eigenvalue weighted by molar-refractivity contribution is 0.0999. The number of carbonyl (C=O) groups excluding carboxylic acids is 1. The van der Waals surface area contributed by atoms with Gasteiger partial charge in [0, 0.05) is 17.1 Å². The van der Waals surface area contributed by atoms with Crippen molar-refractivity contribution >= 4 is 28.2 Å². The van der Waals surface area contributed by atoms with Crippen LogP contribution in [0.1, 0.15) is 15.9 Å². The van der Waals surface area contributed by atoms with Gasteiger partial charge in [0.15, 0.2) is 0 Å². The number of aromatic nitrogens is 1. The van der Waals surface area contributed by atoms with Crippen molar-refractivity contribution in [2.45, 2.75) is 6.92 Å². The second-order valence-electron chi connectivity index (χ2n) is 6.15.